The highest BCUT2D eigenvalue weighted by Crippen LogP contribution is 2.31. The van der Waals surface area contributed by atoms with Crippen LogP contribution in [0, 0.1) is 23.7 Å². The van der Waals surface area contributed by atoms with Crippen molar-refractivity contribution in [3.8, 4) is 91.5 Å². The molecular formula is C52H32N6. The summed E-state index contributed by atoms with van der Waals surface area (Å²) in [4.78, 5) is 28.0. The molecule has 6 heterocycles. The molecule has 6 nitrogen and oxygen atoms in total. The fourth-order valence-corrected chi connectivity index (χ4v) is 6.46. The van der Waals surface area contributed by atoms with E-state index >= 15 is 0 Å². The molecule has 0 aliphatic heterocycles. The van der Waals surface area contributed by atoms with Gasteiger partial charge in [-0.05, 0) is 144 Å². The summed E-state index contributed by atoms with van der Waals surface area (Å²) in [5, 5.41) is 0. The van der Waals surface area contributed by atoms with Crippen LogP contribution in [0.2, 0.25) is 0 Å². The van der Waals surface area contributed by atoms with Crippen molar-refractivity contribution in [2.45, 2.75) is 0 Å². The standard InChI is InChI=1S/C52H32N6/c1-5-27-53-45(15-1)49-33-43(34-50(57-49)46-16-2-6-28-54-46)41-13-9-11-39(31-41)25-23-37-19-21-38(22-20-37)24-26-40-12-10-14-42(32-40)44-35-51(47-17-3-7-29-55-47)58-52(36-44)48-18-4-8-30-56-48/h1-22,27-36H. The first-order valence-electron chi connectivity index (χ1n) is 18.7. The van der Waals surface area contributed by atoms with Gasteiger partial charge in [-0.3, -0.25) is 19.9 Å². The Morgan fingerprint density at radius 2 is 0.569 bits per heavy atom. The molecule has 6 heteroatoms. The van der Waals surface area contributed by atoms with E-state index in [1.807, 2.05) is 121 Å². The van der Waals surface area contributed by atoms with E-state index in [4.69, 9.17) is 9.97 Å². The van der Waals surface area contributed by atoms with Gasteiger partial charge in [-0.15, -0.1) is 0 Å². The normalized spacial score (nSPS) is 10.5. The monoisotopic (exact) mass is 740 g/mol. The molecular weight excluding hydrogens is 709 g/mol. The highest BCUT2D eigenvalue weighted by Gasteiger charge is 2.12. The summed E-state index contributed by atoms with van der Waals surface area (Å²) in [5.74, 6) is 13.4. The number of benzene rings is 3. The van der Waals surface area contributed by atoms with Crippen LogP contribution in [0.5, 0.6) is 0 Å². The molecule has 0 spiro atoms. The summed E-state index contributed by atoms with van der Waals surface area (Å²) in [6.45, 7) is 0. The predicted molar refractivity (Wildman–Crippen MR) is 231 cm³/mol. The van der Waals surface area contributed by atoms with Crippen molar-refractivity contribution in [2.24, 2.45) is 0 Å². The van der Waals surface area contributed by atoms with Crippen LogP contribution in [0.15, 0.2) is 195 Å². The first kappa shape index (κ1) is 35.4. The molecule has 0 radical (unpaired) electrons. The van der Waals surface area contributed by atoms with E-state index in [1.165, 1.54) is 0 Å². The van der Waals surface area contributed by atoms with Crippen molar-refractivity contribution in [2.75, 3.05) is 0 Å². The summed E-state index contributed by atoms with van der Waals surface area (Å²) in [5.41, 5.74) is 14.0. The van der Waals surface area contributed by atoms with Crippen molar-refractivity contribution in [1.29, 1.82) is 0 Å². The number of nitrogens with zero attached hydrogens (tertiary/aromatic N) is 6. The van der Waals surface area contributed by atoms with Gasteiger partial charge in [0.1, 0.15) is 0 Å². The predicted octanol–water partition coefficient (Wildman–Crippen LogP) is 10.9. The Balaban J connectivity index is 0.947. The number of rotatable bonds is 6. The lowest BCUT2D eigenvalue weighted by Crippen LogP contribution is -1.94. The van der Waals surface area contributed by atoms with Gasteiger partial charge in [-0.1, -0.05) is 72.2 Å². The molecule has 0 N–H and O–H groups in total. The zero-order valence-electron chi connectivity index (χ0n) is 31.2. The lowest BCUT2D eigenvalue weighted by molar-refractivity contribution is 1.22. The Labute approximate surface area is 337 Å². The minimum atomic E-state index is 0.783. The van der Waals surface area contributed by atoms with E-state index in [-0.39, 0.29) is 0 Å². The third-order valence-electron chi connectivity index (χ3n) is 9.34. The van der Waals surface area contributed by atoms with Crippen molar-refractivity contribution in [3.05, 3.63) is 217 Å². The number of aromatic nitrogens is 6. The second-order valence-corrected chi connectivity index (χ2v) is 13.4. The third-order valence-corrected chi connectivity index (χ3v) is 9.34. The lowest BCUT2D eigenvalue weighted by Gasteiger charge is -2.09. The van der Waals surface area contributed by atoms with Gasteiger partial charge in [0.05, 0.1) is 45.6 Å². The summed E-state index contributed by atoms with van der Waals surface area (Å²) in [6, 6.07) is 56.1. The zero-order chi connectivity index (χ0) is 38.9. The minimum absolute atomic E-state index is 0.783. The van der Waals surface area contributed by atoms with Crippen LogP contribution in [-0.2, 0) is 0 Å². The SMILES string of the molecule is C(#Cc1cccc(-c2cc(-c3ccccn3)nc(-c3ccccn3)c2)c1)c1ccc(C#Cc2cccc(-c3cc(-c4ccccn4)nc(-c4ccccn4)c3)c2)cc1. The van der Waals surface area contributed by atoms with Gasteiger partial charge >= 0.3 is 0 Å². The molecule has 0 fully saturated rings. The average Bonchev–Trinajstić information content (AvgIpc) is 3.31. The van der Waals surface area contributed by atoms with Crippen LogP contribution in [0.3, 0.4) is 0 Å². The zero-order valence-corrected chi connectivity index (χ0v) is 31.2. The second kappa shape index (κ2) is 16.6. The van der Waals surface area contributed by atoms with Crippen molar-refractivity contribution < 1.29 is 0 Å². The molecule has 0 amide bonds. The topological polar surface area (TPSA) is 77.3 Å². The fourth-order valence-electron chi connectivity index (χ4n) is 6.46. The molecule has 3 aromatic carbocycles. The van der Waals surface area contributed by atoms with E-state index in [9.17, 15) is 0 Å². The fraction of sp³-hybridized carbons (Fsp3) is 0. The average molecular weight is 741 g/mol. The van der Waals surface area contributed by atoms with Crippen LogP contribution in [0.1, 0.15) is 22.3 Å². The maximum Gasteiger partial charge on any atom is 0.0900 e. The Morgan fingerprint density at radius 1 is 0.241 bits per heavy atom. The summed E-state index contributed by atoms with van der Waals surface area (Å²) < 4.78 is 0. The maximum atomic E-state index is 4.91. The molecule has 0 saturated carbocycles. The second-order valence-electron chi connectivity index (χ2n) is 13.4. The summed E-state index contributed by atoms with van der Waals surface area (Å²) in [7, 11) is 0. The smallest absolute Gasteiger partial charge is 0.0900 e. The van der Waals surface area contributed by atoms with Crippen LogP contribution in [0.25, 0.3) is 67.8 Å². The minimum Gasteiger partial charge on any atom is -0.255 e. The highest BCUT2D eigenvalue weighted by molar-refractivity contribution is 5.77. The number of pyridine rings is 6. The molecule has 0 atom stereocenters. The number of hydrogen-bond acceptors (Lipinski definition) is 6. The van der Waals surface area contributed by atoms with Gasteiger partial charge in [0.15, 0.2) is 0 Å². The Bertz CT molecular complexity index is 2660. The molecule has 0 unspecified atom stereocenters. The highest BCUT2D eigenvalue weighted by atomic mass is 14.8. The largest absolute Gasteiger partial charge is 0.255 e. The Kier molecular flexibility index (Phi) is 10.1. The summed E-state index contributed by atoms with van der Waals surface area (Å²) >= 11 is 0. The van der Waals surface area contributed by atoms with Gasteiger partial charge in [-0.2, -0.15) is 0 Å². The van der Waals surface area contributed by atoms with Crippen LogP contribution in [0.4, 0.5) is 0 Å². The molecule has 6 aromatic heterocycles. The third kappa shape index (κ3) is 8.33. The molecule has 9 aromatic rings. The van der Waals surface area contributed by atoms with Crippen LogP contribution >= 0.6 is 0 Å². The maximum absolute atomic E-state index is 4.91. The Hall–Kier alpha value is -8.32. The molecule has 0 aliphatic rings. The van der Waals surface area contributed by atoms with Gasteiger partial charge in [0.2, 0.25) is 0 Å². The van der Waals surface area contributed by atoms with E-state index in [0.717, 1.165) is 90.1 Å². The molecule has 9 rings (SSSR count). The number of hydrogen-bond donors (Lipinski definition) is 0. The van der Waals surface area contributed by atoms with Gasteiger partial charge < -0.3 is 0 Å². The molecule has 58 heavy (non-hydrogen) atoms. The summed E-state index contributed by atoms with van der Waals surface area (Å²) in [6.07, 6.45) is 7.12. The molecule has 270 valence electrons. The first-order valence-corrected chi connectivity index (χ1v) is 18.7. The van der Waals surface area contributed by atoms with Crippen molar-refractivity contribution in [3.63, 3.8) is 0 Å². The van der Waals surface area contributed by atoms with Crippen LogP contribution in [-0.4, -0.2) is 29.9 Å². The van der Waals surface area contributed by atoms with E-state index in [1.54, 1.807) is 24.8 Å². The molecule has 0 bridgehead atoms. The van der Waals surface area contributed by atoms with Gasteiger partial charge in [0, 0.05) is 47.0 Å². The van der Waals surface area contributed by atoms with Gasteiger partial charge in [0.25, 0.3) is 0 Å². The quantitative estimate of drug-likeness (QED) is 0.158. The molecule has 0 saturated heterocycles. The first-order chi connectivity index (χ1) is 28.7. The van der Waals surface area contributed by atoms with E-state index in [0.29, 0.717) is 0 Å². The van der Waals surface area contributed by atoms with Crippen molar-refractivity contribution >= 4 is 0 Å². The van der Waals surface area contributed by atoms with E-state index < -0.39 is 0 Å². The molecule has 0 aliphatic carbocycles. The lowest BCUT2D eigenvalue weighted by atomic mass is 10.0. The van der Waals surface area contributed by atoms with Gasteiger partial charge in [-0.25, -0.2) is 9.97 Å². The Morgan fingerprint density at radius 3 is 0.879 bits per heavy atom. The van der Waals surface area contributed by atoms with E-state index in [2.05, 4.69) is 92.1 Å². The van der Waals surface area contributed by atoms with Crippen molar-refractivity contribution in [1.82, 2.24) is 29.9 Å². The van der Waals surface area contributed by atoms with Crippen LogP contribution < -0.4 is 0 Å².